The number of amides is 1. The predicted octanol–water partition coefficient (Wildman–Crippen LogP) is 4.30. The maximum atomic E-state index is 13.4. The first-order chi connectivity index (χ1) is 18.8. The van der Waals surface area contributed by atoms with Crippen LogP contribution in [0.15, 0.2) is 82.7 Å². The van der Waals surface area contributed by atoms with Crippen molar-refractivity contribution < 1.29 is 28.0 Å². The first-order valence-electron chi connectivity index (χ1n) is 13.1. The van der Waals surface area contributed by atoms with Crippen LogP contribution in [0.25, 0.3) is 0 Å². The van der Waals surface area contributed by atoms with Crippen molar-refractivity contribution in [1.82, 2.24) is 5.32 Å². The Labute approximate surface area is 236 Å². The lowest BCUT2D eigenvalue weighted by atomic mass is 9.76. The van der Waals surface area contributed by atoms with Crippen LogP contribution >= 0.6 is 0 Å². The van der Waals surface area contributed by atoms with Crippen molar-refractivity contribution in [2.75, 3.05) is 5.75 Å². The van der Waals surface area contributed by atoms with E-state index < -0.39 is 40.5 Å². The SMILES string of the molecule is C.O=C(N[C@@H](CC1CC1)B(O)O)[C@H](Cc1ccccc1)CS(=O)(=O)c1ccc(Oc2ccc3c(c2)N=CC3)cc1. The summed E-state index contributed by atoms with van der Waals surface area (Å²) >= 11 is 0. The molecule has 0 aromatic heterocycles. The van der Waals surface area contributed by atoms with E-state index in [1.807, 2.05) is 54.7 Å². The number of hydrogen-bond acceptors (Lipinski definition) is 7. The Kier molecular flexibility index (Phi) is 9.45. The van der Waals surface area contributed by atoms with Gasteiger partial charge in [-0.1, -0.05) is 56.7 Å². The van der Waals surface area contributed by atoms with Crippen molar-refractivity contribution in [2.45, 2.75) is 50.4 Å². The summed E-state index contributed by atoms with van der Waals surface area (Å²) in [5.41, 5.74) is 2.81. The number of fused-ring (bicyclic) bond motifs is 1. The lowest BCUT2D eigenvalue weighted by Gasteiger charge is -2.22. The zero-order valence-electron chi connectivity index (χ0n) is 21.4. The Balaban J connectivity index is 0.00000370. The van der Waals surface area contributed by atoms with Gasteiger partial charge in [-0.05, 0) is 60.2 Å². The van der Waals surface area contributed by atoms with Crippen molar-refractivity contribution in [1.29, 1.82) is 0 Å². The van der Waals surface area contributed by atoms with Crippen LogP contribution in [0, 0.1) is 11.8 Å². The molecule has 3 aromatic rings. The molecule has 1 saturated carbocycles. The number of aliphatic imine (C=N–C) groups is 1. The van der Waals surface area contributed by atoms with Crippen molar-refractivity contribution in [3.05, 3.63) is 83.9 Å². The molecule has 3 N–H and O–H groups in total. The smallest absolute Gasteiger partial charge is 0.457 e. The van der Waals surface area contributed by atoms with Crippen LogP contribution in [-0.4, -0.2) is 49.4 Å². The largest absolute Gasteiger partial charge is 0.475 e. The van der Waals surface area contributed by atoms with Crippen LogP contribution < -0.4 is 10.1 Å². The summed E-state index contributed by atoms with van der Waals surface area (Å²) in [5.74, 6) is -1.26. The molecule has 2 aliphatic rings. The van der Waals surface area contributed by atoms with Crippen LogP contribution in [0.4, 0.5) is 5.69 Å². The second-order valence-electron chi connectivity index (χ2n) is 10.3. The molecule has 8 nitrogen and oxygen atoms in total. The summed E-state index contributed by atoms with van der Waals surface area (Å²) in [6.07, 6.45) is 5.27. The minimum Gasteiger partial charge on any atom is -0.457 e. The van der Waals surface area contributed by atoms with Gasteiger partial charge in [0.25, 0.3) is 0 Å². The van der Waals surface area contributed by atoms with E-state index in [0.29, 0.717) is 23.8 Å². The molecule has 3 aromatic carbocycles. The molecule has 1 amide bonds. The van der Waals surface area contributed by atoms with E-state index in [1.165, 1.54) is 12.1 Å². The summed E-state index contributed by atoms with van der Waals surface area (Å²) in [4.78, 5) is 17.7. The van der Waals surface area contributed by atoms with E-state index in [1.54, 1.807) is 12.1 Å². The Morgan fingerprint density at radius 1 is 1.02 bits per heavy atom. The van der Waals surface area contributed by atoms with E-state index in [0.717, 1.165) is 36.1 Å². The third kappa shape index (κ3) is 7.59. The third-order valence-electron chi connectivity index (χ3n) is 7.10. The number of carbonyl (C=O) groups is 1. The molecule has 1 fully saturated rings. The number of carbonyl (C=O) groups excluding carboxylic acids is 1. The van der Waals surface area contributed by atoms with Crippen molar-refractivity contribution in [3.63, 3.8) is 0 Å². The normalized spacial score (nSPS) is 15.4. The first kappa shape index (κ1) is 29.5. The van der Waals surface area contributed by atoms with Gasteiger partial charge in [-0.25, -0.2) is 8.42 Å². The molecule has 0 spiro atoms. The summed E-state index contributed by atoms with van der Waals surface area (Å²) in [6.45, 7) is 0. The zero-order valence-corrected chi connectivity index (χ0v) is 22.3. The summed E-state index contributed by atoms with van der Waals surface area (Å²) < 4.78 is 32.7. The predicted molar refractivity (Wildman–Crippen MR) is 157 cm³/mol. The molecule has 1 aliphatic carbocycles. The second-order valence-corrected chi connectivity index (χ2v) is 12.3. The molecular formula is C30H35BN2O6S. The van der Waals surface area contributed by atoms with Gasteiger partial charge in [0.15, 0.2) is 9.84 Å². The average molecular weight is 562 g/mol. The number of sulfone groups is 1. The maximum absolute atomic E-state index is 13.4. The van der Waals surface area contributed by atoms with E-state index in [4.69, 9.17) is 4.74 Å². The topological polar surface area (TPSA) is 125 Å². The molecule has 0 saturated heterocycles. The molecule has 2 atom stereocenters. The lowest BCUT2D eigenvalue weighted by Crippen LogP contribution is -2.50. The van der Waals surface area contributed by atoms with Crippen molar-refractivity contribution >= 4 is 34.8 Å². The molecule has 10 heteroatoms. The lowest BCUT2D eigenvalue weighted by molar-refractivity contribution is -0.124. The van der Waals surface area contributed by atoms with E-state index in [9.17, 15) is 23.3 Å². The van der Waals surface area contributed by atoms with Gasteiger partial charge < -0.3 is 20.1 Å². The van der Waals surface area contributed by atoms with Gasteiger partial charge in [-0.3, -0.25) is 9.79 Å². The quantitative estimate of drug-likeness (QED) is 0.283. The van der Waals surface area contributed by atoms with Gasteiger partial charge in [-0.2, -0.15) is 0 Å². The van der Waals surface area contributed by atoms with Gasteiger partial charge in [0.1, 0.15) is 11.5 Å². The highest BCUT2D eigenvalue weighted by atomic mass is 32.2. The molecule has 40 heavy (non-hydrogen) atoms. The first-order valence-corrected chi connectivity index (χ1v) is 14.8. The van der Waals surface area contributed by atoms with Crippen LogP contribution in [0.2, 0.25) is 0 Å². The van der Waals surface area contributed by atoms with Crippen molar-refractivity contribution in [2.24, 2.45) is 16.8 Å². The number of rotatable bonds is 12. The molecule has 1 heterocycles. The fraction of sp³-hybridized carbons (Fsp3) is 0.333. The van der Waals surface area contributed by atoms with Crippen LogP contribution in [-0.2, 0) is 27.5 Å². The van der Waals surface area contributed by atoms with Gasteiger partial charge >= 0.3 is 7.12 Å². The monoisotopic (exact) mass is 562 g/mol. The fourth-order valence-corrected chi connectivity index (χ4v) is 6.29. The van der Waals surface area contributed by atoms with E-state index in [2.05, 4.69) is 10.3 Å². The number of hydrogen-bond donors (Lipinski definition) is 3. The standard InChI is InChI=1S/C29H31BN2O6S.CH4/c33-29(32-28(30(34)35)17-21-6-7-21)23(16-20-4-2-1-3-5-20)19-39(36,37)26-12-10-24(11-13-26)38-25-9-8-22-14-15-31-27(22)18-25;/h1-5,8-13,15,18,21,23,28,34-35H,6-7,14,16-17,19H2,(H,32,33);1H4/t23-,28+;/m1./s1. The molecule has 0 radical (unpaired) electrons. The summed E-state index contributed by atoms with van der Waals surface area (Å²) in [5, 5.41) is 22.3. The molecule has 0 bridgehead atoms. The molecule has 210 valence electrons. The van der Waals surface area contributed by atoms with Crippen LogP contribution in [0.5, 0.6) is 11.5 Å². The maximum Gasteiger partial charge on any atom is 0.475 e. The Morgan fingerprint density at radius 2 is 1.73 bits per heavy atom. The van der Waals surface area contributed by atoms with Crippen LogP contribution in [0.1, 0.15) is 37.8 Å². The molecular weight excluding hydrogens is 527 g/mol. The number of nitrogens with zero attached hydrogens (tertiary/aromatic N) is 1. The molecule has 5 rings (SSSR count). The Bertz CT molecular complexity index is 1440. The minimum absolute atomic E-state index is 0. The van der Waals surface area contributed by atoms with Gasteiger partial charge in [0, 0.05) is 18.7 Å². The second kappa shape index (κ2) is 12.8. The average Bonchev–Trinajstić information content (AvgIpc) is 3.62. The van der Waals surface area contributed by atoms with Crippen molar-refractivity contribution in [3.8, 4) is 11.5 Å². The molecule has 1 aliphatic heterocycles. The Morgan fingerprint density at radius 3 is 2.40 bits per heavy atom. The van der Waals surface area contributed by atoms with Gasteiger partial charge in [-0.15, -0.1) is 0 Å². The van der Waals surface area contributed by atoms with E-state index in [-0.39, 0.29) is 18.7 Å². The summed E-state index contributed by atoms with van der Waals surface area (Å²) in [7, 11) is -5.56. The van der Waals surface area contributed by atoms with E-state index >= 15 is 0 Å². The highest BCUT2D eigenvalue weighted by molar-refractivity contribution is 7.91. The Hall–Kier alpha value is -3.47. The zero-order chi connectivity index (χ0) is 27.4. The number of benzene rings is 3. The highest BCUT2D eigenvalue weighted by Crippen LogP contribution is 2.34. The highest BCUT2D eigenvalue weighted by Gasteiger charge is 2.35. The van der Waals surface area contributed by atoms with Gasteiger partial charge in [0.05, 0.1) is 28.2 Å². The fourth-order valence-electron chi connectivity index (χ4n) is 4.75. The van der Waals surface area contributed by atoms with Crippen LogP contribution in [0.3, 0.4) is 0 Å². The van der Waals surface area contributed by atoms with Gasteiger partial charge in [0.2, 0.25) is 5.91 Å². The number of nitrogens with one attached hydrogen (secondary N) is 1. The summed E-state index contributed by atoms with van der Waals surface area (Å²) in [6, 6.07) is 21.0. The molecule has 0 unspecified atom stereocenters. The third-order valence-corrected chi connectivity index (χ3v) is 8.94. The number of ether oxygens (including phenoxy) is 1. The minimum atomic E-state index is -3.85.